The highest BCUT2D eigenvalue weighted by molar-refractivity contribution is 6.16. The first-order chi connectivity index (χ1) is 8.02. The van der Waals surface area contributed by atoms with E-state index in [0.717, 1.165) is 4.90 Å². The van der Waals surface area contributed by atoms with Crippen molar-refractivity contribution in [3.8, 4) is 0 Å². The molecule has 0 aromatic rings. The molecule has 2 heterocycles. The lowest BCUT2D eigenvalue weighted by Crippen LogP contribution is -2.62. The number of nitrogens with zero attached hydrogens (tertiary/aromatic N) is 1. The van der Waals surface area contributed by atoms with E-state index < -0.39 is 23.8 Å². The van der Waals surface area contributed by atoms with Crippen LogP contribution in [0.3, 0.4) is 0 Å². The van der Waals surface area contributed by atoms with Gasteiger partial charge in [-0.15, -0.1) is 0 Å². The van der Waals surface area contributed by atoms with Gasteiger partial charge in [-0.25, -0.2) is 4.79 Å². The van der Waals surface area contributed by atoms with E-state index >= 15 is 0 Å². The van der Waals surface area contributed by atoms with Gasteiger partial charge >= 0.3 is 6.03 Å². The highest BCUT2D eigenvalue weighted by atomic mass is 16.5. The second-order valence-electron chi connectivity index (χ2n) is 4.74. The fraction of sp³-hybridized carbons (Fsp3) is 0.727. The zero-order chi connectivity index (χ0) is 12.6. The summed E-state index contributed by atoms with van der Waals surface area (Å²) in [6, 6.07) is -0.857. The van der Waals surface area contributed by atoms with Gasteiger partial charge in [0.2, 0.25) is 11.8 Å². The Hall–Kier alpha value is -1.43. The van der Waals surface area contributed by atoms with Crippen LogP contribution in [-0.4, -0.2) is 42.0 Å². The smallest absolute Gasteiger partial charge is 0.331 e. The number of carbonyl (C=O) groups is 3. The monoisotopic (exact) mass is 240 g/mol. The lowest BCUT2D eigenvalue weighted by Gasteiger charge is -2.34. The van der Waals surface area contributed by atoms with Gasteiger partial charge in [0.25, 0.3) is 0 Å². The van der Waals surface area contributed by atoms with Crippen molar-refractivity contribution in [2.75, 3.05) is 13.2 Å². The molecule has 17 heavy (non-hydrogen) atoms. The normalized spacial score (nSPS) is 30.1. The quantitative estimate of drug-likeness (QED) is 0.696. The van der Waals surface area contributed by atoms with Crippen molar-refractivity contribution in [1.82, 2.24) is 10.2 Å². The van der Waals surface area contributed by atoms with Crippen LogP contribution in [0.25, 0.3) is 0 Å². The number of hydrogen-bond acceptors (Lipinski definition) is 4. The summed E-state index contributed by atoms with van der Waals surface area (Å²) < 4.78 is 5.17. The maximum absolute atomic E-state index is 12.2. The van der Waals surface area contributed by atoms with Gasteiger partial charge in [0, 0.05) is 6.61 Å². The first kappa shape index (κ1) is 12.0. The molecule has 4 amide bonds. The van der Waals surface area contributed by atoms with Crippen molar-refractivity contribution >= 4 is 17.8 Å². The predicted molar refractivity (Wildman–Crippen MR) is 57.9 cm³/mol. The van der Waals surface area contributed by atoms with Crippen LogP contribution in [-0.2, 0) is 14.3 Å². The summed E-state index contributed by atoms with van der Waals surface area (Å²) in [7, 11) is 0. The second kappa shape index (κ2) is 4.44. The van der Waals surface area contributed by atoms with Gasteiger partial charge in [0.1, 0.15) is 5.92 Å². The number of urea groups is 1. The topological polar surface area (TPSA) is 75.7 Å². The van der Waals surface area contributed by atoms with Crippen LogP contribution in [0.4, 0.5) is 4.79 Å². The molecular weight excluding hydrogens is 224 g/mol. The number of carbonyl (C=O) groups excluding carboxylic acids is 3. The van der Waals surface area contributed by atoms with Crippen LogP contribution in [0.2, 0.25) is 0 Å². The molecule has 2 atom stereocenters. The van der Waals surface area contributed by atoms with Gasteiger partial charge in [-0.05, 0) is 12.3 Å². The largest absolute Gasteiger partial charge is 0.379 e. The number of barbiturate groups is 1. The van der Waals surface area contributed by atoms with Crippen molar-refractivity contribution in [2.24, 2.45) is 11.8 Å². The van der Waals surface area contributed by atoms with Crippen molar-refractivity contribution < 1.29 is 19.1 Å². The molecule has 2 saturated heterocycles. The van der Waals surface area contributed by atoms with Crippen LogP contribution in [0, 0.1) is 11.8 Å². The van der Waals surface area contributed by atoms with Gasteiger partial charge in [0.15, 0.2) is 0 Å². The first-order valence-electron chi connectivity index (χ1n) is 5.78. The van der Waals surface area contributed by atoms with E-state index in [-0.39, 0.29) is 12.0 Å². The van der Waals surface area contributed by atoms with Gasteiger partial charge in [-0.2, -0.15) is 0 Å². The van der Waals surface area contributed by atoms with E-state index in [4.69, 9.17) is 4.74 Å². The highest BCUT2D eigenvalue weighted by Gasteiger charge is 2.45. The van der Waals surface area contributed by atoms with Crippen LogP contribution in [0.5, 0.6) is 0 Å². The maximum atomic E-state index is 12.2. The zero-order valence-electron chi connectivity index (χ0n) is 9.93. The third-order valence-electron chi connectivity index (χ3n) is 3.17. The molecule has 2 rings (SSSR count). The molecular formula is C11H16N2O4. The first-order valence-corrected chi connectivity index (χ1v) is 5.78. The Morgan fingerprint density at radius 3 is 2.59 bits per heavy atom. The van der Waals surface area contributed by atoms with Gasteiger partial charge in [-0.3, -0.25) is 19.8 Å². The fourth-order valence-corrected chi connectivity index (χ4v) is 2.26. The summed E-state index contributed by atoms with van der Waals surface area (Å²) >= 11 is 0. The molecule has 1 N–H and O–H groups in total. The minimum absolute atomic E-state index is 0.125. The molecule has 6 nitrogen and oxygen atoms in total. The maximum Gasteiger partial charge on any atom is 0.331 e. The molecule has 94 valence electrons. The summed E-state index contributed by atoms with van der Waals surface area (Å²) in [4.78, 5) is 36.6. The lowest BCUT2D eigenvalue weighted by atomic mass is 9.91. The molecule has 2 fully saturated rings. The molecule has 2 unspecified atom stereocenters. The van der Waals surface area contributed by atoms with Crippen LogP contribution in [0.1, 0.15) is 20.3 Å². The highest BCUT2D eigenvalue weighted by Crippen LogP contribution is 2.23. The minimum Gasteiger partial charge on any atom is -0.379 e. The molecule has 2 aliphatic heterocycles. The average Bonchev–Trinajstić information content (AvgIpc) is 2.69. The van der Waals surface area contributed by atoms with E-state index in [1.807, 2.05) is 0 Å². The number of imide groups is 2. The molecule has 0 saturated carbocycles. The lowest BCUT2D eigenvalue weighted by molar-refractivity contribution is -0.146. The molecule has 2 aliphatic rings. The third kappa shape index (κ3) is 2.04. The van der Waals surface area contributed by atoms with Crippen molar-refractivity contribution in [1.29, 1.82) is 0 Å². The number of nitrogens with one attached hydrogen (secondary N) is 1. The Balaban J connectivity index is 2.22. The summed E-state index contributed by atoms with van der Waals surface area (Å²) in [5.74, 6) is -1.79. The molecule has 0 aromatic heterocycles. The number of rotatable bonds is 2. The van der Waals surface area contributed by atoms with E-state index in [0.29, 0.717) is 19.6 Å². The van der Waals surface area contributed by atoms with Crippen molar-refractivity contribution in [3.63, 3.8) is 0 Å². The number of amides is 4. The summed E-state index contributed by atoms with van der Waals surface area (Å²) in [6.45, 7) is 4.49. The molecule has 0 radical (unpaired) electrons. The number of hydrogen-bond donors (Lipinski definition) is 1. The fourth-order valence-electron chi connectivity index (χ4n) is 2.26. The predicted octanol–water partition coefficient (Wildman–Crippen LogP) is 0.126. The van der Waals surface area contributed by atoms with Gasteiger partial charge in [-0.1, -0.05) is 13.8 Å². The molecule has 0 aliphatic carbocycles. The second-order valence-corrected chi connectivity index (χ2v) is 4.74. The summed E-state index contributed by atoms with van der Waals surface area (Å²) in [6.07, 6.45) is 0.637. The Morgan fingerprint density at radius 1 is 1.35 bits per heavy atom. The van der Waals surface area contributed by atoms with Gasteiger partial charge < -0.3 is 4.74 Å². The summed E-state index contributed by atoms with van der Waals surface area (Å²) in [5.41, 5.74) is 0. The average molecular weight is 240 g/mol. The Morgan fingerprint density at radius 2 is 2.06 bits per heavy atom. The standard InChI is InChI=1S/C11H16N2O4/c1-6(2)8-9(14)12-11(16)13(10(8)15)7-3-4-17-5-7/h6-8H,3-5H2,1-2H3,(H,12,14,16). The van der Waals surface area contributed by atoms with E-state index in [1.165, 1.54) is 0 Å². The number of ether oxygens (including phenoxy) is 1. The van der Waals surface area contributed by atoms with Crippen molar-refractivity contribution in [2.45, 2.75) is 26.3 Å². The zero-order valence-corrected chi connectivity index (χ0v) is 9.93. The van der Waals surface area contributed by atoms with E-state index in [2.05, 4.69) is 5.32 Å². The van der Waals surface area contributed by atoms with Crippen LogP contribution >= 0.6 is 0 Å². The Bertz CT molecular complexity index is 360. The van der Waals surface area contributed by atoms with E-state index in [9.17, 15) is 14.4 Å². The molecule has 0 spiro atoms. The van der Waals surface area contributed by atoms with Crippen molar-refractivity contribution in [3.05, 3.63) is 0 Å². The van der Waals surface area contributed by atoms with E-state index in [1.54, 1.807) is 13.8 Å². The Kier molecular flexibility index (Phi) is 3.15. The Labute approximate surface area is 99.3 Å². The molecule has 6 heteroatoms. The third-order valence-corrected chi connectivity index (χ3v) is 3.17. The van der Waals surface area contributed by atoms with Crippen LogP contribution in [0.15, 0.2) is 0 Å². The van der Waals surface area contributed by atoms with Gasteiger partial charge in [0.05, 0.1) is 12.6 Å². The molecule has 0 aromatic carbocycles. The molecule has 0 bridgehead atoms. The SMILES string of the molecule is CC(C)C1C(=O)NC(=O)N(C2CCOC2)C1=O. The van der Waals surface area contributed by atoms with Crippen LogP contribution < -0.4 is 5.32 Å². The summed E-state index contributed by atoms with van der Waals surface area (Å²) in [5, 5.41) is 2.24. The minimum atomic E-state index is -0.770.